The first-order valence-corrected chi connectivity index (χ1v) is 7.93. The van der Waals surface area contributed by atoms with Gasteiger partial charge in [-0.1, -0.05) is 67.2 Å². The normalized spacial score (nSPS) is 8.96. The molecule has 0 atom stereocenters. The van der Waals surface area contributed by atoms with Crippen LogP contribution in [0.25, 0.3) is 0 Å². The maximum absolute atomic E-state index is 2.29. The number of hydrogen-bond donors (Lipinski definition) is 0. The molecule has 23 heavy (non-hydrogen) atoms. The zero-order valence-electron chi connectivity index (χ0n) is 15.4. The van der Waals surface area contributed by atoms with E-state index >= 15 is 0 Å². The first kappa shape index (κ1) is 28.0. The standard InChI is InChI=1S/2C10H15.2ClH.Zr/c2*1-4-5-10-7-8(2)6-9(10)3;;;/h2*6-7H,4-5H2,1-3H3;2*1H;/q2*-1;;;+4/p-2. The molecule has 0 radical (unpaired) electrons. The second kappa shape index (κ2) is 14.5. The molecule has 3 heteroatoms. The van der Waals surface area contributed by atoms with Crippen molar-refractivity contribution < 1.29 is 51.0 Å². The maximum Gasteiger partial charge on any atom is 4.00 e. The third kappa shape index (κ3) is 9.90. The molecule has 0 aliphatic heterocycles. The van der Waals surface area contributed by atoms with E-state index in [9.17, 15) is 0 Å². The molecule has 0 N–H and O–H groups in total. The van der Waals surface area contributed by atoms with Crippen LogP contribution >= 0.6 is 0 Å². The van der Waals surface area contributed by atoms with Gasteiger partial charge in [0.15, 0.2) is 0 Å². The Morgan fingerprint density at radius 1 is 0.696 bits per heavy atom. The van der Waals surface area contributed by atoms with Crippen molar-refractivity contribution >= 4 is 0 Å². The summed E-state index contributed by atoms with van der Waals surface area (Å²) in [5.41, 5.74) is 8.78. The fourth-order valence-electron chi connectivity index (χ4n) is 2.81. The number of aryl methyl sites for hydroxylation is 6. The summed E-state index contributed by atoms with van der Waals surface area (Å²) in [6, 6.07) is 9.09. The van der Waals surface area contributed by atoms with E-state index in [2.05, 4.69) is 65.8 Å². The molecule has 2 aromatic carbocycles. The van der Waals surface area contributed by atoms with Crippen molar-refractivity contribution in [1.82, 2.24) is 0 Å². The molecule has 0 aliphatic carbocycles. The number of halogens is 2. The van der Waals surface area contributed by atoms with Gasteiger partial charge < -0.3 is 24.8 Å². The average Bonchev–Trinajstić information content (AvgIpc) is 2.84. The Kier molecular flexibility index (Phi) is 17.6. The van der Waals surface area contributed by atoms with E-state index in [-0.39, 0.29) is 51.0 Å². The summed E-state index contributed by atoms with van der Waals surface area (Å²) >= 11 is 0. The summed E-state index contributed by atoms with van der Waals surface area (Å²) in [4.78, 5) is 0. The smallest absolute Gasteiger partial charge is 1.00 e. The Bertz CT molecular complexity index is 475. The second-order valence-corrected chi connectivity index (χ2v) is 5.98. The van der Waals surface area contributed by atoms with E-state index in [1.165, 1.54) is 59.1 Å². The fourth-order valence-corrected chi connectivity index (χ4v) is 2.81. The molecule has 0 aromatic heterocycles. The van der Waals surface area contributed by atoms with Gasteiger partial charge in [-0.2, -0.15) is 34.4 Å². The Labute approximate surface area is 175 Å². The van der Waals surface area contributed by atoms with Gasteiger partial charge in [0, 0.05) is 0 Å². The Morgan fingerprint density at radius 2 is 1.00 bits per heavy atom. The van der Waals surface area contributed by atoms with Gasteiger partial charge >= 0.3 is 26.2 Å². The average molecular weight is 433 g/mol. The largest absolute Gasteiger partial charge is 4.00 e. The van der Waals surface area contributed by atoms with Crippen molar-refractivity contribution in [3.63, 3.8) is 0 Å². The number of hydrogen-bond acceptors (Lipinski definition) is 0. The third-order valence-electron chi connectivity index (χ3n) is 3.74. The summed E-state index contributed by atoms with van der Waals surface area (Å²) in [5.74, 6) is 0. The monoisotopic (exact) mass is 430 g/mol. The molecule has 0 heterocycles. The molecule has 0 amide bonds. The first-order chi connectivity index (χ1) is 9.47. The first-order valence-electron chi connectivity index (χ1n) is 7.93. The summed E-state index contributed by atoms with van der Waals surface area (Å²) in [7, 11) is 0. The molecule has 0 saturated carbocycles. The van der Waals surface area contributed by atoms with Crippen molar-refractivity contribution in [3.05, 3.63) is 57.6 Å². The van der Waals surface area contributed by atoms with Crippen LogP contribution in [0.5, 0.6) is 0 Å². The summed E-state index contributed by atoms with van der Waals surface area (Å²) in [6.07, 6.45) is 4.98. The minimum Gasteiger partial charge on any atom is -1.00 e. The van der Waals surface area contributed by atoms with E-state index in [0.717, 1.165) is 0 Å². The van der Waals surface area contributed by atoms with Crippen molar-refractivity contribution in [3.8, 4) is 0 Å². The molecule has 0 bridgehead atoms. The Balaban J connectivity index is -0.000000308. The van der Waals surface area contributed by atoms with Gasteiger partial charge in [0.1, 0.15) is 0 Å². The Morgan fingerprint density at radius 3 is 1.17 bits per heavy atom. The quantitative estimate of drug-likeness (QED) is 0.595. The van der Waals surface area contributed by atoms with Crippen LogP contribution in [0.1, 0.15) is 60.1 Å². The SMILES string of the molecule is CCC[c-]1cc(C)cc1C.CCC[c-]1cc(C)cc1C.[Cl-].[Cl-].[Zr+4]. The molecule has 2 rings (SSSR count). The van der Waals surface area contributed by atoms with E-state index in [4.69, 9.17) is 0 Å². The fraction of sp³-hybridized carbons (Fsp3) is 0.500. The van der Waals surface area contributed by atoms with Gasteiger partial charge in [-0.15, -0.1) is 0 Å². The molecule has 128 valence electrons. The van der Waals surface area contributed by atoms with Crippen LogP contribution in [0.15, 0.2) is 24.3 Å². The third-order valence-corrected chi connectivity index (χ3v) is 3.74. The van der Waals surface area contributed by atoms with Gasteiger partial charge in [-0.3, -0.25) is 0 Å². The molecule has 0 nitrogen and oxygen atoms in total. The van der Waals surface area contributed by atoms with Crippen molar-refractivity contribution in [2.45, 2.75) is 67.2 Å². The van der Waals surface area contributed by atoms with Crippen LogP contribution in [-0.4, -0.2) is 0 Å². The predicted molar refractivity (Wildman–Crippen MR) is 91.0 cm³/mol. The van der Waals surface area contributed by atoms with E-state index < -0.39 is 0 Å². The van der Waals surface area contributed by atoms with Crippen molar-refractivity contribution in [1.29, 1.82) is 0 Å². The molecule has 0 fully saturated rings. The van der Waals surface area contributed by atoms with Gasteiger partial charge in [0.2, 0.25) is 0 Å². The minimum atomic E-state index is 0. The van der Waals surface area contributed by atoms with Crippen LogP contribution in [-0.2, 0) is 39.0 Å². The van der Waals surface area contributed by atoms with Crippen LogP contribution < -0.4 is 24.8 Å². The van der Waals surface area contributed by atoms with Crippen LogP contribution in [0, 0.1) is 27.7 Å². The maximum atomic E-state index is 2.29. The molecule has 0 saturated heterocycles. The van der Waals surface area contributed by atoms with Crippen LogP contribution in [0.4, 0.5) is 0 Å². The zero-order valence-corrected chi connectivity index (χ0v) is 19.4. The molecule has 0 unspecified atom stereocenters. The molecule has 0 aliphatic rings. The summed E-state index contributed by atoms with van der Waals surface area (Å²) < 4.78 is 0. The summed E-state index contributed by atoms with van der Waals surface area (Å²) in [6.45, 7) is 13.2. The molecular formula is C20H30Cl2Zr. The zero-order chi connectivity index (χ0) is 15.1. The van der Waals surface area contributed by atoms with Gasteiger partial charge in [-0.05, 0) is 0 Å². The number of rotatable bonds is 4. The topological polar surface area (TPSA) is 0 Å². The van der Waals surface area contributed by atoms with Gasteiger partial charge in [0.25, 0.3) is 0 Å². The summed E-state index contributed by atoms with van der Waals surface area (Å²) in [5, 5.41) is 0. The van der Waals surface area contributed by atoms with Crippen molar-refractivity contribution in [2.75, 3.05) is 0 Å². The van der Waals surface area contributed by atoms with E-state index in [1.54, 1.807) is 0 Å². The molecular weight excluding hydrogens is 402 g/mol. The molecule has 0 spiro atoms. The minimum absolute atomic E-state index is 0. The van der Waals surface area contributed by atoms with Crippen LogP contribution in [0.2, 0.25) is 0 Å². The van der Waals surface area contributed by atoms with Gasteiger partial charge in [0.05, 0.1) is 0 Å². The van der Waals surface area contributed by atoms with Gasteiger partial charge in [-0.25, -0.2) is 23.3 Å². The van der Waals surface area contributed by atoms with Crippen molar-refractivity contribution in [2.24, 2.45) is 0 Å². The van der Waals surface area contributed by atoms with Crippen LogP contribution in [0.3, 0.4) is 0 Å². The second-order valence-electron chi connectivity index (χ2n) is 5.98. The van der Waals surface area contributed by atoms with E-state index in [0.29, 0.717) is 0 Å². The Hall–Kier alpha value is 0.163. The predicted octanol–water partition coefficient (Wildman–Crippen LogP) is -0.0448. The van der Waals surface area contributed by atoms with E-state index in [1.807, 2.05) is 0 Å². The molecule has 2 aromatic rings.